The van der Waals surface area contributed by atoms with Crippen LogP contribution in [-0.4, -0.2) is 39.5 Å². The van der Waals surface area contributed by atoms with E-state index < -0.39 is 17.8 Å². The average Bonchev–Trinajstić information content (AvgIpc) is 3.23. The van der Waals surface area contributed by atoms with E-state index in [4.69, 9.17) is 0 Å². The SMILES string of the molecule is O=C(O)[C@@H]1[C@@H](C(=O)N2C[C@@H]3C[C@@H](C2)c2cccc(=O)n2C3)[C@H]2C=C[C@@H]1C2. The van der Waals surface area contributed by atoms with Crippen LogP contribution in [0.2, 0.25) is 0 Å². The van der Waals surface area contributed by atoms with Crippen molar-refractivity contribution in [3.63, 3.8) is 0 Å². The molecule has 5 rings (SSSR count). The van der Waals surface area contributed by atoms with Crippen molar-refractivity contribution in [3.8, 4) is 0 Å². The number of pyridine rings is 1. The maximum absolute atomic E-state index is 13.3. The largest absolute Gasteiger partial charge is 0.481 e. The van der Waals surface area contributed by atoms with Gasteiger partial charge in [-0.15, -0.1) is 0 Å². The van der Waals surface area contributed by atoms with Crippen LogP contribution in [0.5, 0.6) is 0 Å². The van der Waals surface area contributed by atoms with Gasteiger partial charge in [-0.05, 0) is 36.7 Å². The lowest BCUT2D eigenvalue weighted by molar-refractivity contribution is -0.152. The van der Waals surface area contributed by atoms with Crippen LogP contribution in [0.1, 0.15) is 24.5 Å². The van der Waals surface area contributed by atoms with Crippen LogP contribution >= 0.6 is 0 Å². The van der Waals surface area contributed by atoms with Crippen LogP contribution in [0.15, 0.2) is 35.1 Å². The number of amides is 1. The van der Waals surface area contributed by atoms with Crippen molar-refractivity contribution in [3.05, 3.63) is 46.4 Å². The van der Waals surface area contributed by atoms with Gasteiger partial charge in [0.25, 0.3) is 5.56 Å². The van der Waals surface area contributed by atoms with E-state index in [9.17, 15) is 19.5 Å². The van der Waals surface area contributed by atoms with Gasteiger partial charge in [0.15, 0.2) is 0 Å². The molecule has 0 spiro atoms. The predicted molar refractivity (Wildman–Crippen MR) is 93.5 cm³/mol. The number of carbonyl (C=O) groups is 2. The lowest BCUT2D eigenvalue weighted by atomic mass is 9.79. The molecule has 136 valence electrons. The maximum atomic E-state index is 13.3. The van der Waals surface area contributed by atoms with Crippen LogP contribution in [-0.2, 0) is 16.1 Å². The van der Waals surface area contributed by atoms with Gasteiger partial charge in [0.2, 0.25) is 5.91 Å². The standard InChI is InChI=1S/C20H22N2O4/c23-16-3-1-2-15-14-6-11(9-22(15)16)8-21(10-14)19(24)17-12-4-5-13(7-12)18(17)20(25)26/h1-5,11-14,17-18H,6-10H2,(H,25,26)/t11-,12-,13+,14-,17-,18-/m0/s1. The van der Waals surface area contributed by atoms with Crippen LogP contribution < -0.4 is 5.56 Å². The number of carboxylic acid groups (broad SMARTS) is 1. The number of piperidine rings is 1. The number of carbonyl (C=O) groups excluding carboxylic acids is 1. The second kappa shape index (κ2) is 5.56. The maximum Gasteiger partial charge on any atom is 0.307 e. The van der Waals surface area contributed by atoms with Gasteiger partial charge < -0.3 is 14.6 Å². The normalized spacial score (nSPS) is 36.8. The highest BCUT2D eigenvalue weighted by Crippen LogP contribution is 2.49. The lowest BCUT2D eigenvalue weighted by Crippen LogP contribution is -2.52. The number of aromatic nitrogens is 1. The first kappa shape index (κ1) is 15.9. The number of likely N-dealkylation sites (tertiary alicyclic amines) is 1. The molecule has 6 heteroatoms. The molecular formula is C20H22N2O4. The Labute approximate surface area is 151 Å². The molecule has 6 nitrogen and oxygen atoms in total. The molecule has 1 aromatic rings. The number of hydrogen-bond acceptors (Lipinski definition) is 3. The van der Waals surface area contributed by atoms with Crippen molar-refractivity contribution in [1.82, 2.24) is 9.47 Å². The topological polar surface area (TPSA) is 79.6 Å². The Morgan fingerprint density at radius 1 is 1.00 bits per heavy atom. The number of carboxylic acids is 1. The molecule has 1 saturated heterocycles. The summed E-state index contributed by atoms with van der Waals surface area (Å²) >= 11 is 0. The van der Waals surface area contributed by atoms with Crippen LogP contribution in [0.3, 0.4) is 0 Å². The fourth-order valence-corrected chi connectivity index (χ4v) is 5.78. The molecule has 2 aliphatic heterocycles. The zero-order chi connectivity index (χ0) is 18.0. The third kappa shape index (κ3) is 2.20. The van der Waals surface area contributed by atoms with E-state index in [1.54, 1.807) is 12.1 Å². The Morgan fingerprint density at radius 2 is 1.77 bits per heavy atom. The number of fused-ring (bicyclic) bond motifs is 6. The first-order chi connectivity index (χ1) is 12.5. The third-order valence-electron chi connectivity index (χ3n) is 6.82. The Balaban J connectivity index is 1.42. The van der Waals surface area contributed by atoms with E-state index >= 15 is 0 Å². The molecule has 1 saturated carbocycles. The van der Waals surface area contributed by atoms with Gasteiger partial charge in [0.1, 0.15) is 0 Å². The summed E-state index contributed by atoms with van der Waals surface area (Å²) < 4.78 is 1.85. The Bertz CT molecular complexity index is 873. The minimum atomic E-state index is -0.852. The summed E-state index contributed by atoms with van der Waals surface area (Å²) in [7, 11) is 0. The highest BCUT2D eigenvalue weighted by Gasteiger charge is 2.53. The molecular weight excluding hydrogens is 332 g/mol. The quantitative estimate of drug-likeness (QED) is 0.813. The van der Waals surface area contributed by atoms with E-state index in [1.165, 1.54) is 0 Å². The van der Waals surface area contributed by atoms with Gasteiger partial charge >= 0.3 is 5.97 Å². The van der Waals surface area contributed by atoms with E-state index in [0.29, 0.717) is 19.6 Å². The van der Waals surface area contributed by atoms with Crippen molar-refractivity contribution in [2.75, 3.05) is 13.1 Å². The first-order valence-electron chi connectivity index (χ1n) is 9.42. The number of rotatable bonds is 2. The van der Waals surface area contributed by atoms with E-state index in [0.717, 1.165) is 18.5 Å². The van der Waals surface area contributed by atoms with Gasteiger partial charge in [-0.3, -0.25) is 14.4 Å². The summed E-state index contributed by atoms with van der Waals surface area (Å²) in [5, 5.41) is 9.63. The average molecular weight is 354 g/mol. The van der Waals surface area contributed by atoms with Crippen molar-refractivity contribution >= 4 is 11.9 Å². The van der Waals surface area contributed by atoms with E-state index in [-0.39, 0.29) is 35.1 Å². The first-order valence-corrected chi connectivity index (χ1v) is 9.42. The van der Waals surface area contributed by atoms with Gasteiger partial charge in [0.05, 0.1) is 11.8 Å². The number of hydrogen-bond donors (Lipinski definition) is 1. The van der Waals surface area contributed by atoms with Gasteiger partial charge in [-0.2, -0.15) is 0 Å². The molecule has 1 amide bonds. The minimum Gasteiger partial charge on any atom is -0.481 e. The fraction of sp³-hybridized carbons (Fsp3) is 0.550. The number of allylic oxidation sites excluding steroid dienone is 2. The summed E-state index contributed by atoms with van der Waals surface area (Å²) in [6, 6.07) is 5.36. The second-order valence-corrected chi connectivity index (χ2v) is 8.28. The van der Waals surface area contributed by atoms with Gasteiger partial charge in [0, 0.05) is 37.3 Å². The van der Waals surface area contributed by atoms with Crippen molar-refractivity contribution in [2.24, 2.45) is 29.6 Å². The van der Waals surface area contributed by atoms with Gasteiger partial charge in [-0.1, -0.05) is 18.2 Å². The second-order valence-electron chi connectivity index (χ2n) is 8.28. The predicted octanol–water partition coefficient (Wildman–Crippen LogP) is 1.32. The zero-order valence-corrected chi connectivity index (χ0v) is 14.5. The van der Waals surface area contributed by atoms with Crippen LogP contribution in [0.25, 0.3) is 0 Å². The molecule has 3 heterocycles. The van der Waals surface area contributed by atoms with E-state index in [2.05, 4.69) is 0 Å². The van der Waals surface area contributed by atoms with E-state index in [1.807, 2.05) is 27.7 Å². The monoisotopic (exact) mass is 354 g/mol. The molecule has 0 radical (unpaired) electrons. The van der Waals surface area contributed by atoms with Crippen LogP contribution in [0, 0.1) is 29.6 Å². The highest BCUT2D eigenvalue weighted by atomic mass is 16.4. The van der Waals surface area contributed by atoms with Crippen molar-refractivity contribution in [1.29, 1.82) is 0 Å². The summed E-state index contributed by atoms with van der Waals surface area (Å²) in [6.45, 7) is 1.86. The molecule has 0 aromatic carbocycles. The van der Waals surface area contributed by atoms with Crippen molar-refractivity contribution in [2.45, 2.75) is 25.3 Å². The molecule has 4 aliphatic rings. The summed E-state index contributed by atoms with van der Waals surface area (Å²) in [6.07, 6.45) is 5.78. The summed E-state index contributed by atoms with van der Waals surface area (Å²) in [5.41, 5.74) is 1.04. The fourth-order valence-electron chi connectivity index (χ4n) is 5.78. The lowest BCUT2D eigenvalue weighted by Gasteiger charge is -2.44. The summed E-state index contributed by atoms with van der Waals surface area (Å²) in [5.74, 6) is -1.39. The minimum absolute atomic E-state index is 0.00400. The number of aliphatic carboxylic acids is 1. The molecule has 26 heavy (non-hydrogen) atoms. The van der Waals surface area contributed by atoms with Gasteiger partial charge in [-0.25, -0.2) is 0 Å². The zero-order valence-electron chi connectivity index (χ0n) is 14.5. The molecule has 4 bridgehead atoms. The van der Waals surface area contributed by atoms with Crippen LogP contribution in [0.4, 0.5) is 0 Å². The smallest absolute Gasteiger partial charge is 0.307 e. The molecule has 1 N–H and O–H groups in total. The van der Waals surface area contributed by atoms with Crippen molar-refractivity contribution < 1.29 is 14.7 Å². The molecule has 2 aliphatic carbocycles. The molecule has 0 unspecified atom stereocenters. The molecule has 2 fully saturated rings. The highest BCUT2D eigenvalue weighted by molar-refractivity contribution is 5.87. The molecule has 6 atom stereocenters. The molecule has 1 aromatic heterocycles. The Kier molecular flexibility index (Phi) is 3.39. The third-order valence-corrected chi connectivity index (χ3v) is 6.82. The number of nitrogens with zero attached hydrogens (tertiary/aromatic N) is 2. The summed E-state index contributed by atoms with van der Waals surface area (Å²) in [4.78, 5) is 39.0. The Hall–Kier alpha value is -2.37. The Morgan fingerprint density at radius 3 is 2.54 bits per heavy atom.